The molecule has 2 aromatic rings. The Kier molecular flexibility index (Phi) is 5.35. The largest absolute Gasteiger partial charge is 0.481 e. The maximum atomic E-state index is 12.1. The predicted molar refractivity (Wildman–Crippen MR) is 85.7 cm³/mol. The van der Waals surface area contributed by atoms with Crippen LogP contribution in [0, 0.1) is 6.92 Å². The first-order valence-corrected chi connectivity index (χ1v) is 7.33. The molecule has 0 bridgehead atoms. The number of aryl methyl sites for hydroxylation is 3. The third-order valence-corrected chi connectivity index (χ3v) is 3.32. The molecule has 0 spiro atoms. The van der Waals surface area contributed by atoms with E-state index < -0.39 is 12.0 Å². The van der Waals surface area contributed by atoms with Crippen molar-refractivity contribution < 1.29 is 19.2 Å². The SMILES string of the molecule is CCc1noc(C)c1NC(=O)Nc1cccc(CCC(=O)O)c1. The van der Waals surface area contributed by atoms with Crippen molar-refractivity contribution in [3.8, 4) is 0 Å². The molecule has 0 fully saturated rings. The van der Waals surface area contributed by atoms with Gasteiger partial charge in [0.15, 0.2) is 5.76 Å². The van der Waals surface area contributed by atoms with Gasteiger partial charge < -0.3 is 20.3 Å². The first-order chi connectivity index (χ1) is 11.0. The third kappa shape index (κ3) is 4.57. The number of hydrogen-bond donors (Lipinski definition) is 3. The van der Waals surface area contributed by atoms with Gasteiger partial charge in [-0.1, -0.05) is 24.2 Å². The first kappa shape index (κ1) is 16.5. The number of nitrogens with zero attached hydrogens (tertiary/aromatic N) is 1. The number of benzene rings is 1. The van der Waals surface area contributed by atoms with Crippen LogP contribution >= 0.6 is 0 Å². The van der Waals surface area contributed by atoms with Crippen LogP contribution in [0.4, 0.5) is 16.2 Å². The molecule has 1 aromatic heterocycles. The molecule has 23 heavy (non-hydrogen) atoms. The van der Waals surface area contributed by atoms with Crippen LogP contribution in [0.25, 0.3) is 0 Å². The summed E-state index contributed by atoms with van der Waals surface area (Å²) in [6.45, 7) is 3.65. The van der Waals surface area contributed by atoms with Gasteiger partial charge in [-0.2, -0.15) is 0 Å². The quantitative estimate of drug-likeness (QED) is 0.759. The second-order valence-corrected chi connectivity index (χ2v) is 5.09. The molecule has 0 radical (unpaired) electrons. The molecule has 0 atom stereocenters. The molecule has 0 aliphatic heterocycles. The zero-order valence-electron chi connectivity index (χ0n) is 13.0. The number of hydrogen-bond acceptors (Lipinski definition) is 4. The maximum absolute atomic E-state index is 12.1. The van der Waals surface area contributed by atoms with Gasteiger partial charge in [0.2, 0.25) is 0 Å². The van der Waals surface area contributed by atoms with Crippen molar-refractivity contribution in [2.45, 2.75) is 33.1 Å². The van der Waals surface area contributed by atoms with E-state index in [1.807, 2.05) is 13.0 Å². The molecule has 0 aliphatic carbocycles. The van der Waals surface area contributed by atoms with Crippen LogP contribution in [0.5, 0.6) is 0 Å². The minimum absolute atomic E-state index is 0.0510. The van der Waals surface area contributed by atoms with Crippen molar-refractivity contribution in [2.75, 3.05) is 10.6 Å². The van der Waals surface area contributed by atoms with E-state index in [2.05, 4.69) is 15.8 Å². The lowest BCUT2D eigenvalue weighted by atomic mass is 10.1. The molecule has 0 saturated heterocycles. The Labute approximate surface area is 133 Å². The molecule has 0 saturated carbocycles. The highest BCUT2D eigenvalue weighted by Crippen LogP contribution is 2.21. The van der Waals surface area contributed by atoms with E-state index in [1.165, 1.54) is 0 Å². The first-order valence-electron chi connectivity index (χ1n) is 7.33. The Balaban J connectivity index is 2.01. The van der Waals surface area contributed by atoms with Crippen LogP contribution in [0.15, 0.2) is 28.8 Å². The number of amides is 2. The molecular formula is C16H19N3O4. The van der Waals surface area contributed by atoms with Gasteiger partial charge in [-0.15, -0.1) is 0 Å². The number of urea groups is 1. The number of nitrogens with one attached hydrogen (secondary N) is 2. The van der Waals surface area contributed by atoms with Crippen molar-refractivity contribution in [1.82, 2.24) is 5.16 Å². The maximum Gasteiger partial charge on any atom is 0.323 e. The third-order valence-electron chi connectivity index (χ3n) is 3.32. The van der Waals surface area contributed by atoms with Gasteiger partial charge in [0.05, 0.1) is 0 Å². The normalized spacial score (nSPS) is 10.3. The Morgan fingerprint density at radius 3 is 2.78 bits per heavy atom. The van der Waals surface area contributed by atoms with Crippen molar-refractivity contribution in [3.63, 3.8) is 0 Å². The molecule has 122 valence electrons. The lowest BCUT2D eigenvalue weighted by Crippen LogP contribution is -2.20. The second kappa shape index (κ2) is 7.44. The zero-order valence-corrected chi connectivity index (χ0v) is 13.0. The van der Waals surface area contributed by atoms with Gasteiger partial charge in [-0.25, -0.2) is 4.79 Å². The summed E-state index contributed by atoms with van der Waals surface area (Å²) in [5, 5.41) is 18.0. The fourth-order valence-corrected chi connectivity index (χ4v) is 2.15. The lowest BCUT2D eigenvalue weighted by molar-refractivity contribution is -0.136. The fraction of sp³-hybridized carbons (Fsp3) is 0.312. The number of anilines is 2. The van der Waals surface area contributed by atoms with E-state index in [1.54, 1.807) is 25.1 Å². The van der Waals surface area contributed by atoms with Gasteiger partial charge in [0.1, 0.15) is 11.4 Å². The number of aliphatic carboxylic acids is 1. The fourth-order valence-electron chi connectivity index (χ4n) is 2.15. The zero-order chi connectivity index (χ0) is 16.8. The van der Waals surface area contributed by atoms with Crippen molar-refractivity contribution in [2.24, 2.45) is 0 Å². The van der Waals surface area contributed by atoms with E-state index in [0.29, 0.717) is 35.7 Å². The molecular weight excluding hydrogens is 298 g/mol. The van der Waals surface area contributed by atoms with Gasteiger partial charge in [-0.3, -0.25) is 4.79 Å². The molecule has 2 rings (SSSR count). The average molecular weight is 317 g/mol. The minimum Gasteiger partial charge on any atom is -0.481 e. The van der Waals surface area contributed by atoms with Crippen LogP contribution in [0.3, 0.4) is 0 Å². The molecule has 0 unspecified atom stereocenters. The smallest absolute Gasteiger partial charge is 0.323 e. The number of rotatable bonds is 6. The van der Waals surface area contributed by atoms with E-state index >= 15 is 0 Å². The van der Waals surface area contributed by atoms with Crippen LogP contribution in [-0.2, 0) is 17.6 Å². The van der Waals surface area contributed by atoms with Gasteiger partial charge in [0, 0.05) is 12.1 Å². The van der Waals surface area contributed by atoms with E-state index in [0.717, 1.165) is 5.56 Å². The highest BCUT2D eigenvalue weighted by molar-refractivity contribution is 6.00. The van der Waals surface area contributed by atoms with Crippen molar-refractivity contribution in [3.05, 3.63) is 41.3 Å². The lowest BCUT2D eigenvalue weighted by Gasteiger charge is -2.09. The van der Waals surface area contributed by atoms with Gasteiger partial charge in [-0.05, 0) is 37.5 Å². The Morgan fingerprint density at radius 1 is 1.30 bits per heavy atom. The van der Waals surface area contributed by atoms with Crippen LogP contribution in [-0.4, -0.2) is 22.3 Å². The summed E-state index contributed by atoms with van der Waals surface area (Å²) in [7, 11) is 0. The molecule has 0 aliphatic rings. The number of carboxylic acids is 1. The predicted octanol–water partition coefficient (Wildman–Crippen LogP) is 3.21. The number of aromatic nitrogens is 1. The second-order valence-electron chi connectivity index (χ2n) is 5.09. The Bertz CT molecular complexity index is 709. The summed E-state index contributed by atoms with van der Waals surface area (Å²) in [4.78, 5) is 22.7. The van der Waals surface area contributed by atoms with Crippen LogP contribution in [0.2, 0.25) is 0 Å². The summed E-state index contributed by atoms with van der Waals surface area (Å²) in [6.07, 6.45) is 1.12. The summed E-state index contributed by atoms with van der Waals surface area (Å²) < 4.78 is 5.06. The van der Waals surface area contributed by atoms with Gasteiger partial charge in [0.25, 0.3) is 0 Å². The van der Waals surface area contributed by atoms with Crippen LogP contribution in [0.1, 0.15) is 30.4 Å². The average Bonchev–Trinajstić information content (AvgIpc) is 2.86. The molecule has 1 heterocycles. The van der Waals surface area contributed by atoms with E-state index in [4.69, 9.17) is 9.63 Å². The number of carboxylic acid groups (broad SMARTS) is 1. The summed E-state index contributed by atoms with van der Waals surface area (Å²) in [5.74, 6) is -0.302. The monoisotopic (exact) mass is 317 g/mol. The highest BCUT2D eigenvalue weighted by Gasteiger charge is 2.14. The summed E-state index contributed by atoms with van der Waals surface area (Å²) in [5.41, 5.74) is 2.71. The van der Waals surface area contributed by atoms with Crippen molar-refractivity contribution >= 4 is 23.4 Å². The molecule has 1 aromatic carbocycles. The minimum atomic E-state index is -0.851. The molecule has 7 nitrogen and oxygen atoms in total. The van der Waals surface area contributed by atoms with E-state index in [9.17, 15) is 9.59 Å². The van der Waals surface area contributed by atoms with Crippen molar-refractivity contribution in [1.29, 1.82) is 0 Å². The Hall–Kier alpha value is -2.83. The number of carbonyl (C=O) groups excluding carboxylic acids is 1. The molecule has 2 amide bonds. The molecule has 7 heteroatoms. The number of carbonyl (C=O) groups is 2. The standard InChI is InChI=1S/C16H19N3O4/c1-3-13-15(10(2)23-19-13)18-16(22)17-12-6-4-5-11(9-12)7-8-14(20)21/h4-6,9H,3,7-8H2,1-2H3,(H,20,21)(H2,17,18,22). The van der Waals surface area contributed by atoms with Crippen LogP contribution < -0.4 is 10.6 Å². The summed E-state index contributed by atoms with van der Waals surface area (Å²) >= 11 is 0. The highest BCUT2D eigenvalue weighted by atomic mass is 16.5. The molecule has 3 N–H and O–H groups in total. The van der Waals surface area contributed by atoms with Gasteiger partial charge >= 0.3 is 12.0 Å². The van der Waals surface area contributed by atoms with E-state index in [-0.39, 0.29) is 6.42 Å². The topological polar surface area (TPSA) is 104 Å². The Morgan fingerprint density at radius 2 is 2.09 bits per heavy atom. The summed E-state index contributed by atoms with van der Waals surface area (Å²) in [6, 6.07) is 6.69.